The SMILES string of the molecule is C1=C2NOC=C2NS1. The molecule has 2 N–H and O–H groups in total. The van der Waals surface area contributed by atoms with Crippen molar-refractivity contribution in [3.8, 4) is 0 Å². The van der Waals surface area contributed by atoms with Crippen molar-refractivity contribution in [2.75, 3.05) is 0 Å². The Hall–Kier alpha value is -0.770. The van der Waals surface area contributed by atoms with Crippen molar-refractivity contribution < 1.29 is 4.84 Å². The molecule has 0 radical (unpaired) electrons. The van der Waals surface area contributed by atoms with Gasteiger partial charge in [0.1, 0.15) is 17.7 Å². The van der Waals surface area contributed by atoms with Gasteiger partial charge in [0.15, 0.2) is 0 Å². The van der Waals surface area contributed by atoms with Crippen LogP contribution >= 0.6 is 11.9 Å². The highest BCUT2D eigenvalue weighted by molar-refractivity contribution is 8.00. The third-order valence-electron chi connectivity index (χ3n) is 0.981. The highest BCUT2D eigenvalue weighted by Crippen LogP contribution is 2.22. The van der Waals surface area contributed by atoms with Gasteiger partial charge in [-0.3, -0.25) is 0 Å². The van der Waals surface area contributed by atoms with E-state index in [9.17, 15) is 0 Å². The Morgan fingerprint density at radius 1 is 1.50 bits per heavy atom. The van der Waals surface area contributed by atoms with E-state index in [1.807, 2.05) is 5.41 Å². The molecule has 3 nitrogen and oxygen atoms in total. The van der Waals surface area contributed by atoms with Gasteiger partial charge >= 0.3 is 0 Å². The maximum atomic E-state index is 4.76. The van der Waals surface area contributed by atoms with Crippen LogP contribution in [0.25, 0.3) is 0 Å². The molecule has 0 aromatic carbocycles. The van der Waals surface area contributed by atoms with Crippen molar-refractivity contribution in [3.05, 3.63) is 23.1 Å². The minimum atomic E-state index is 1.02. The fourth-order valence-electron chi connectivity index (χ4n) is 0.589. The smallest absolute Gasteiger partial charge is 0.145 e. The molecule has 2 heterocycles. The summed E-state index contributed by atoms with van der Waals surface area (Å²) >= 11 is 1.54. The Kier molecular flexibility index (Phi) is 0.700. The first-order valence-corrected chi connectivity index (χ1v) is 3.09. The van der Waals surface area contributed by atoms with Crippen molar-refractivity contribution in [1.29, 1.82) is 0 Å². The predicted molar refractivity (Wildman–Crippen MR) is 31.1 cm³/mol. The molecule has 8 heavy (non-hydrogen) atoms. The monoisotopic (exact) mass is 128 g/mol. The lowest BCUT2D eigenvalue weighted by molar-refractivity contribution is 0.186. The van der Waals surface area contributed by atoms with Crippen molar-refractivity contribution in [2.24, 2.45) is 0 Å². The zero-order chi connectivity index (χ0) is 5.40. The van der Waals surface area contributed by atoms with Crippen molar-refractivity contribution in [1.82, 2.24) is 10.2 Å². The Bertz CT molecular complexity index is 155. The fourth-order valence-corrected chi connectivity index (χ4v) is 1.23. The lowest BCUT2D eigenvalue weighted by atomic mass is 10.4. The van der Waals surface area contributed by atoms with Gasteiger partial charge in [0.2, 0.25) is 0 Å². The summed E-state index contributed by atoms with van der Waals surface area (Å²) < 4.78 is 3.02. The summed E-state index contributed by atoms with van der Waals surface area (Å²) in [5.41, 5.74) is 4.75. The van der Waals surface area contributed by atoms with Crippen LogP contribution in [0.1, 0.15) is 0 Å². The van der Waals surface area contributed by atoms with Crippen LogP contribution < -0.4 is 10.2 Å². The normalized spacial score (nSPS) is 22.0. The summed E-state index contributed by atoms with van der Waals surface area (Å²) in [6.45, 7) is 0. The number of fused-ring (bicyclic) bond motifs is 1. The minimum absolute atomic E-state index is 1.02. The van der Waals surface area contributed by atoms with Crippen LogP contribution in [-0.4, -0.2) is 0 Å². The number of hydrogen-bond donors (Lipinski definition) is 2. The maximum absolute atomic E-state index is 4.76. The summed E-state index contributed by atoms with van der Waals surface area (Å²) in [7, 11) is 0. The second-order valence-electron chi connectivity index (χ2n) is 1.50. The largest absolute Gasteiger partial charge is 0.388 e. The molecule has 0 aromatic rings. The molecule has 42 valence electrons. The molecule has 0 saturated carbocycles. The van der Waals surface area contributed by atoms with Crippen LogP contribution in [0.15, 0.2) is 23.1 Å². The topological polar surface area (TPSA) is 33.3 Å². The second kappa shape index (κ2) is 1.35. The first-order chi connectivity index (χ1) is 3.97. The summed E-state index contributed by atoms with van der Waals surface area (Å²) in [6.07, 6.45) is 1.64. The van der Waals surface area contributed by atoms with Gasteiger partial charge in [-0.25, -0.2) is 5.48 Å². The zero-order valence-corrected chi connectivity index (χ0v) is 4.79. The summed E-state index contributed by atoms with van der Waals surface area (Å²) in [4.78, 5) is 4.76. The van der Waals surface area contributed by atoms with Crippen LogP contribution in [0.3, 0.4) is 0 Å². The van der Waals surface area contributed by atoms with E-state index >= 15 is 0 Å². The van der Waals surface area contributed by atoms with Gasteiger partial charge in [-0.05, 0) is 11.9 Å². The molecule has 0 bridgehead atoms. The molecular weight excluding hydrogens is 124 g/mol. The highest BCUT2D eigenvalue weighted by atomic mass is 32.2. The van der Waals surface area contributed by atoms with Crippen LogP contribution in [0.4, 0.5) is 0 Å². The van der Waals surface area contributed by atoms with Crippen molar-refractivity contribution >= 4 is 11.9 Å². The quantitative estimate of drug-likeness (QED) is 0.464. The molecule has 0 unspecified atom stereocenters. The molecule has 4 heteroatoms. The molecule has 0 saturated heterocycles. The molecule has 0 aromatic heterocycles. The molecule has 0 amide bonds. The molecule has 0 atom stereocenters. The third-order valence-corrected chi connectivity index (χ3v) is 1.67. The molecule has 2 aliphatic heterocycles. The zero-order valence-electron chi connectivity index (χ0n) is 3.97. The third kappa shape index (κ3) is 0.403. The van der Waals surface area contributed by atoms with E-state index in [4.69, 9.17) is 4.84 Å². The van der Waals surface area contributed by atoms with Gasteiger partial charge in [-0.2, -0.15) is 0 Å². The average molecular weight is 128 g/mol. The van der Waals surface area contributed by atoms with Crippen LogP contribution in [0.5, 0.6) is 0 Å². The van der Waals surface area contributed by atoms with Gasteiger partial charge in [-0.15, -0.1) is 0 Å². The Balaban J connectivity index is 2.37. The van der Waals surface area contributed by atoms with E-state index in [0.717, 1.165) is 11.4 Å². The van der Waals surface area contributed by atoms with Gasteiger partial charge in [0.05, 0.1) is 0 Å². The molecular formula is C4H4N2OS. The van der Waals surface area contributed by atoms with Gasteiger partial charge in [0.25, 0.3) is 0 Å². The number of hydrogen-bond acceptors (Lipinski definition) is 4. The Labute approximate surface area is 50.9 Å². The minimum Gasteiger partial charge on any atom is -0.388 e. The number of hydroxylamine groups is 1. The lowest BCUT2D eigenvalue weighted by Crippen LogP contribution is -2.03. The van der Waals surface area contributed by atoms with E-state index < -0.39 is 0 Å². The van der Waals surface area contributed by atoms with E-state index in [-0.39, 0.29) is 0 Å². The predicted octanol–water partition coefficient (Wildman–Crippen LogP) is 0.455. The molecule has 0 spiro atoms. The first kappa shape index (κ1) is 4.14. The van der Waals surface area contributed by atoms with Gasteiger partial charge in [0, 0.05) is 5.41 Å². The maximum Gasteiger partial charge on any atom is 0.145 e. The van der Waals surface area contributed by atoms with Gasteiger partial charge < -0.3 is 9.56 Å². The summed E-state index contributed by atoms with van der Waals surface area (Å²) in [6, 6.07) is 0. The van der Waals surface area contributed by atoms with Crippen LogP contribution in [0.2, 0.25) is 0 Å². The fraction of sp³-hybridized carbons (Fsp3) is 0. The highest BCUT2D eigenvalue weighted by Gasteiger charge is 2.16. The second-order valence-corrected chi connectivity index (χ2v) is 2.18. The molecule has 2 aliphatic rings. The molecule has 2 rings (SSSR count). The molecule has 0 fully saturated rings. The lowest BCUT2D eigenvalue weighted by Gasteiger charge is -1.90. The Morgan fingerprint density at radius 3 is 3.38 bits per heavy atom. The van der Waals surface area contributed by atoms with Crippen molar-refractivity contribution in [2.45, 2.75) is 0 Å². The van der Waals surface area contributed by atoms with E-state index in [2.05, 4.69) is 10.2 Å². The number of rotatable bonds is 0. The molecule has 0 aliphatic carbocycles. The van der Waals surface area contributed by atoms with E-state index in [1.165, 1.54) is 0 Å². The van der Waals surface area contributed by atoms with Crippen LogP contribution in [-0.2, 0) is 4.84 Å². The van der Waals surface area contributed by atoms with Crippen molar-refractivity contribution in [3.63, 3.8) is 0 Å². The average Bonchev–Trinajstić information content (AvgIpc) is 2.15. The summed E-state index contributed by atoms with van der Waals surface area (Å²) in [5.74, 6) is 0. The van der Waals surface area contributed by atoms with E-state index in [1.54, 1.807) is 18.2 Å². The van der Waals surface area contributed by atoms with Crippen LogP contribution in [0, 0.1) is 0 Å². The van der Waals surface area contributed by atoms with E-state index in [0.29, 0.717) is 0 Å². The Morgan fingerprint density at radius 2 is 2.50 bits per heavy atom. The number of nitrogens with one attached hydrogen (secondary N) is 2. The van der Waals surface area contributed by atoms with Gasteiger partial charge in [-0.1, -0.05) is 0 Å². The first-order valence-electron chi connectivity index (χ1n) is 2.21. The standard InChI is InChI=1S/C4H4N2OS/c1-3-4(5-7-1)2-8-6-3/h1-2,5-6H. The summed E-state index contributed by atoms with van der Waals surface area (Å²) in [5, 5.41) is 1.96.